The summed E-state index contributed by atoms with van der Waals surface area (Å²) >= 11 is 0. The summed E-state index contributed by atoms with van der Waals surface area (Å²) < 4.78 is 11.3. The number of rotatable bonds is 9. The molecule has 0 aromatic heterocycles. The number of carbonyl (C=O) groups excluding carboxylic acids is 2. The summed E-state index contributed by atoms with van der Waals surface area (Å²) in [4.78, 5) is 25.3. The first-order valence-electron chi connectivity index (χ1n) is 9.77. The molecule has 0 saturated carbocycles. The predicted octanol–water partition coefficient (Wildman–Crippen LogP) is 4.63. The maximum atomic E-state index is 12.7. The average molecular weight is 363 g/mol. The predicted molar refractivity (Wildman–Crippen MR) is 103 cm³/mol. The van der Waals surface area contributed by atoms with E-state index in [0.717, 1.165) is 24.8 Å². The number of ether oxygens (including phenoxy) is 2. The molecule has 0 saturated heterocycles. The van der Waals surface area contributed by atoms with E-state index in [1.807, 2.05) is 13.8 Å². The van der Waals surface area contributed by atoms with E-state index in [2.05, 4.69) is 20.4 Å². The van der Waals surface area contributed by atoms with Crippen LogP contribution in [-0.4, -0.2) is 31.6 Å². The molecule has 4 atom stereocenters. The van der Waals surface area contributed by atoms with Gasteiger partial charge in [-0.3, -0.25) is 9.59 Å². The minimum atomic E-state index is -0.671. The molecule has 0 aromatic carbocycles. The summed E-state index contributed by atoms with van der Waals surface area (Å²) in [5.41, 5.74) is 1.18. The van der Waals surface area contributed by atoms with Gasteiger partial charge in [0.15, 0.2) is 5.78 Å². The summed E-state index contributed by atoms with van der Waals surface area (Å²) in [6, 6.07) is 0. The maximum Gasteiger partial charge on any atom is 0.159 e. The zero-order valence-corrected chi connectivity index (χ0v) is 17.0. The smallest absolute Gasteiger partial charge is 0.159 e. The number of methoxy groups -OCH3 is 1. The lowest BCUT2D eigenvalue weighted by atomic mass is 9.59. The number of carbonyl (C=O) groups is 2. The van der Waals surface area contributed by atoms with Crippen molar-refractivity contribution in [1.82, 2.24) is 0 Å². The van der Waals surface area contributed by atoms with Gasteiger partial charge in [-0.15, -0.1) is 6.58 Å². The van der Waals surface area contributed by atoms with Gasteiger partial charge in [-0.05, 0) is 38.5 Å². The second-order valence-corrected chi connectivity index (χ2v) is 8.29. The van der Waals surface area contributed by atoms with Crippen molar-refractivity contribution in [2.24, 2.45) is 16.7 Å². The fourth-order valence-corrected chi connectivity index (χ4v) is 4.75. The van der Waals surface area contributed by atoms with E-state index in [4.69, 9.17) is 9.47 Å². The molecule has 0 heterocycles. The zero-order valence-electron chi connectivity index (χ0n) is 17.0. The van der Waals surface area contributed by atoms with E-state index < -0.39 is 10.8 Å². The Balaban J connectivity index is 2.47. The first-order chi connectivity index (χ1) is 12.2. The van der Waals surface area contributed by atoms with Gasteiger partial charge in [0.25, 0.3) is 0 Å². The van der Waals surface area contributed by atoms with Crippen molar-refractivity contribution in [2.45, 2.75) is 72.3 Å². The Bertz CT molecular complexity index is 605. The Morgan fingerprint density at radius 1 is 1.42 bits per heavy atom. The molecule has 0 aliphatic heterocycles. The van der Waals surface area contributed by atoms with Crippen molar-refractivity contribution < 1.29 is 19.1 Å². The van der Waals surface area contributed by atoms with Crippen LogP contribution in [0.4, 0.5) is 0 Å². The first kappa shape index (κ1) is 21.0. The van der Waals surface area contributed by atoms with E-state index >= 15 is 0 Å². The molecular weight excluding hydrogens is 328 g/mol. The lowest BCUT2D eigenvalue weighted by Crippen LogP contribution is -2.48. The largest absolute Gasteiger partial charge is 0.359 e. The molecule has 0 radical (unpaired) electrons. The number of ketones is 2. The number of allylic oxidation sites excluding steroid dienone is 2. The third kappa shape index (κ3) is 3.59. The molecule has 4 nitrogen and oxygen atoms in total. The van der Waals surface area contributed by atoms with Gasteiger partial charge in [0, 0.05) is 36.4 Å². The molecular formula is C22H34O4. The van der Waals surface area contributed by atoms with Crippen molar-refractivity contribution >= 4 is 11.6 Å². The highest BCUT2D eigenvalue weighted by Crippen LogP contribution is 2.54. The standard InChI is InChI=1S/C22H34O4/c1-7-18(24)21(4,8-2)13-19(26-14-25-6)22(5)15(3)9-10-16-11-12-17(23)20(16)22/h8,15,19H,2,7,9-14H2,1,3-6H3/t15-,19+,21+,22+/m0/s1. The second-order valence-electron chi connectivity index (χ2n) is 8.29. The van der Waals surface area contributed by atoms with Gasteiger partial charge in [0.2, 0.25) is 0 Å². The van der Waals surface area contributed by atoms with Gasteiger partial charge in [-0.2, -0.15) is 0 Å². The van der Waals surface area contributed by atoms with Gasteiger partial charge < -0.3 is 9.47 Å². The number of Topliss-reactive ketones (excluding diaryl/α,β-unsaturated/α-hetero) is 2. The molecule has 0 N–H and O–H groups in total. The van der Waals surface area contributed by atoms with Crippen molar-refractivity contribution in [3.8, 4) is 0 Å². The van der Waals surface area contributed by atoms with E-state index in [-0.39, 0.29) is 24.5 Å². The van der Waals surface area contributed by atoms with E-state index in [9.17, 15) is 9.59 Å². The van der Waals surface area contributed by atoms with Crippen LogP contribution < -0.4 is 0 Å². The molecule has 2 rings (SSSR count). The Kier molecular flexibility index (Phi) is 6.62. The van der Waals surface area contributed by atoms with E-state index in [1.54, 1.807) is 13.2 Å². The molecule has 146 valence electrons. The molecule has 0 spiro atoms. The second kappa shape index (κ2) is 8.18. The van der Waals surface area contributed by atoms with Gasteiger partial charge in [-0.1, -0.05) is 32.4 Å². The normalized spacial score (nSPS) is 29.3. The Labute approximate surface area is 158 Å². The SMILES string of the molecule is C=C[C@](C)(C[C@@H](OCOC)[C@]1(C)C2=C(CCC2=O)CC[C@@H]1C)C(=O)CC. The lowest BCUT2D eigenvalue weighted by Gasteiger charge is -2.48. The Morgan fingerprint density at radius 3 is 2.69 bits per heavy atom. The van der Waals surface area contributed by atoms with Crippen LogP contribution in [0.1, 0.15) is 66.2 Å². The number of hydrogen-bond donors (Lipinski definition) is 0. The molecule has 4 heteroatoms. The molecule has 0 fully saturated rings. The minimum absolute atomic E-state index is 0.150. The van der Waals surface area contributed by atoms with Crippen LogP contribution in [0, 0.1) is 16.7 Å². The zero-order chi connectivity index (χ0) is 19.5. The molecule has 0 unspecified atom stereocenters. The maximum absolute atomic E-state index is 12.7. The van der Waals surface area contributed by atoms with Gasteiger partial charge in [-0.25, -0.2) is 0 Å². The highest BCUT2D eigenvalue weighted by Gasteiger charge is 2.52. The van der Waals surface area contributed by atoms with Crippen LogP contribution in [0.5, 0.6) is 0 Å². The molecule has 2 aliphatic rings. The molecule has 2 aliphatic carbocycles. The minimum Gasteiger partial charge on any atom is -0.359 e. The van der Waals surface area contributed by atoms with Gasteiger partial charge in [0.05, 0.1) is 6.10 Å². The van der Waals surface area contributed by atoms with Gasteiger partial charge in [0.1, 0.15) is 12.6 Å². The first-order valence-corrected chi connectivity index (χ1v) is 9.77. The van der Waals surface area contributed by atoms with Crippen LogP contribution in [0.25, 0.3) is 0 Å². The summed E-state index contributed by atoms with van der Waals surface area (Å²) in [5.74, 6) is 0.704. The molecule has 0 bridgehead atoms. The fraction of sp³-hybridized carbons (Fsp3) is 0.727. The fourth-order valence-electron chi connectivity index (χ4n) is 4.75. The third-order valence-electron chi connectivity index (χ3n) is 6.80. The monoisotopic (exact) mass is 362 g/mol. The average Bonchev–Trinajstić information content (AvgIpc) is 3.02. The summed E-state index contributed by atoms with van der Waals surface area (Å²) in [6.07, 6.45) is 5.96. The van der Waals surface area contributed by atoms with Crippen molar-refractivity contribution in [3.05, 3.63) is 23.8 Å². The summed E-state index contributed by atoms with van der Waals surface area (Å²) in [5, 5.41) is 0. The Morgan fingerprint density at radius 2 is 2.12 bits per heavy atom. The van der Waals surface area contributed by atoms with Crippen LogP contribution in [0.15, 0.2) is 23.8 Å². The van der Waals surface area contributed by atoms with Crippen LogP contribution in [-0.2, 0) is 19.1 Å². The van der Waals surface area contributed by atoms with Crippen LogP contribution >= 0.6 is 0 Å². The quantitative estimate of drug-likeness (QED) is 0.443. The molecule has 26 heavy (non-hydrogen) atoms. The van der Waals surface area contributed by atoms with Crippen molar-refractivity contribution in [1.29, 1.82) is 0 Å². The van der Waals surface area contributed by atoms with Crippen LogP contribution in [0.2, 0.25) is 0 Å². The summed E-state index contributed by atoms with van der Waals surface area (Å²) in [6.45, 7) is 12.2. The number of hydrogen-bond acceptors (Lipinski definition) is 4. The Hall–Kier alpha value is -1.26. The van der Waals surface area contributed by atoms with E-state index in [0.29, 0.717) is 25.2 Å². The van der Waals surface area contributed by atoms with Crippen LogP contribution in [0.3, 0.4) is 0 Å². The molecule has 0 amide bonds. The van der Waals surface area contributed by atoms with Gasteiger partial charge >= 0.3 is 0 Å². The lowest BCUT2D eigenvalue weighted by molar-refractivity contribution is -0.144. The van der Waals surface area contributed by atoms with Crippen molar-refractivity contribution in [3.63, 3.8) is 0 Å². The summed E-state index contributed by atoms with van der Waals surface area (Å²) in [7, 11) is 1.60. The third-order valence-corrected chi connectivity index (χ3v) is 6.80. The molecule has 0 aromatic rings. The van der Waals surface area contributed by atoms with E-state index in [1.165, 1.54) is 5.57 Å². The highest BCUT2D eigenvalue weighted by atomic mass is 16.7. The van der Waals surface area contributed by atoms with Crippen molar-refractivity contribution in [2.75, 3.05) is 13.9 Å². The topological polar surface area (TPSA) is 52.6 Å². The highest BCUT2D eigenvalue weighted by molar-refractivity contribution is 6.00.